The van der Waals surface area contributed by atoms with Crippen LogP contribution < -0.4 is 4.90 Å². The van der Waals surface area contributed by atoms with Gasteiger partial charge in [-0.2, -0.15) is 0 Å². The fourth-order valence-electron chi connectivity index (χ4n) is 1.36. The Morgan fingerprint density at radius 1 is 1.33 bits per heavy atom. The van der Waals surface area contributed by atoms with Crippen molar-refractivity contribution in [1.29, 1.82) is 5.41 Å². The second kappa shape index (κ2) is 6.10. The molecule has 5 heteroatoms. The minimum Gasteiger partial charge on any atom is -0.465 e. The molecule has 0 heterocycles. The zero-order chi connectivity index (χ0) is 13.7. The van der Waals surface area contributed by atoms with Gasteiger partial charge >= 0.3 is 5.97 Å². The van der Waals surface area contributed by atoms with Gasteiger partial charge in [0.1, 0.15) is 5.57 Å². The minimum atomic E-state index is -0.647. The smallest absolute Gasteiger partial charge is 0.348 e. The SMILES string of the molecule is COC(=O)C(=C=N)C(=S)c1ccc(N(C)C)cc1. The summed E-state index contributed by atoms with van der Waals surface area (Å²) in [5.41, 5.74) is 1.68. The first-order valence-electron chi connectivity index (χ1n) is 5.21. The largest absolute Gasteiger partial charge is 0.465 e. The van der Waals surface area contributed by atoms with Gasteiger partial charge in [0.25, 0.3) is 0 Å². The van der Waals surface area contributed by atoms with E-state index in [0.717, 1.165) is 5.69 Å². The Labute approximate surface area is 111 Å². The standard InChI is InChI=1S/C13H14N2O2S/c1-15(2)10-6-4-9(5-7-10)12(18)11(8-14)13(16)17-3/h4-7,14H,1-3H3. The third-order valence-corrected chi connectivity index (χ3v) is 2.83. The van der Waals surface area contributed by atoms with Gasteiger partial charge in [-0.15, -0.1) is 0 Å². The summed E-state index contributed by atoms with van der Waals surface area (Å²) >= 11 is 5.16. The third-order valence-electron chi connectivity index (χ3n) is 2.39. The Bertz CT molecular complexity index is 514. The topological polar surface area (TPSA) is 53.4 Å². The van der Waals surface area contributed by atoms with Gasteiger partial charge in [0.05, 0.1) is 12.0 Å². The molecule has 18 heavy (non-hydrogen) atoms. The van der Waals surface area contributed by atoms with Gasteiger partial charge in [-0.1, -0.05) is 24.4 Å². The van der Waals surface area contributed by atoms with Crippen molar-refractivity contribution in [2.45, 2.75) is 0 Å². The van der Waals surface area contributed by atoms with Crippen LogP contribution >= 0.6 is 12.2 Å². The molecule has 0 amide bonds. The first-order valence-corrected chi connectivity index (χ1v) is 5.62. The van der Waals surface area contributed by atoms with E-state index in [1.54, 1.807) is 12.1 Å². The van der Waals surface area contributed by atoms with Crippen LogP contribution in [0.2, 0.25) is 0 Å². The molecule has 0 bridgehead atoms. The van der Waals surface area contributed by atoms with Crippen LogP contribution in [-0.2, 0) is 9.53 Å². The number of nitrogens with one attached hydrogen (secondary N) is 1. The van der Waals surface area contributed by atoms with Crippen molar-refractivity contribution in [3.05, 3.63) is 35.4 Å². The Hall–Kier alpha value is -1.97. The summed E-state index contributed by atoms with van der Waals surface area (Å²) in [4.78, 5) is 13.6. The molecule has 0 unspecified atom stereocenters. The lowest BCUT2D eigenvalue weighted by Crippen LogP contribution is -2.15. The Morgan fingerprint density at radius 2 is 1.89 bits per heavy atom. The summed E-state index contributed by atoms with van der Waals surface area (Å²) in [7, 11) is 5.12. The Balaban J connectivity index is 3.04. The van der Waals surface area contributed by atoms with Gasteiger partial charge in [-0.05, 0) is 23.6 Å². The number of hydrogen-bond acceptors (Lipinski definition) is 5. The third kappa shape index (κ3) is 3.03. The minimum absolute atomic E-state index is 0.0369. The molecule has 0 saturated heterocycles. The maximum Gasteiger partial charge on any atom is 0.348 e. The summed E-state index contributed by atoms with van der Waals surface area (Å²) in [5, 5.41) is 7.10. The molecule has 1 rings (SSSR count). The van der Waals surface area contributed by atoms with Crippen LogP contribution in [0, 0.1) is 5.41 Å². The van der Waals surface area contributed by atoms with Gasteiger partial charge in [0, 0.05) is 19.8 Å². The van der Waals surface area contributed by atoms with Gasteiger partial charge in [-0.25, -0.2) is 4.79 Å². The average Bonchev–Trinajstić information content (AvgIpc) is 2.39. The van der Waals surface area contributed by atoms with Crippen LogP contribution in [-0.4, -0.2) is 37.9 Å². The Kier molecular flexibility index (Phi) is 4.77. The predicted molar refractivity (Wildman–Crippen MR) is 75.7 cm³/mol. The number of rotatable bonds is 4. The van der Waals surface area contributed by atoms with Crippen molar-refractivity contribution in [3.63, 3.8) is 0 Å². The van der Waals surface area contributed by atoms with Crippen LogP contribution in [0.15, 0.2) is 29.8 Å². The highest BCUT2D eigenvalue weighted by atomic mass is 32.1. The number of ether oxygens (including phenoxy) is 1. The normalized spacial score (nSPS) is 9.28. The molecular weight excluding hydrogens is 248 g/mol. The van der Waals surface area contributed by atoms with E-state index in [0.29, 0.717) is 5.56 Å². The lowest BCUT2D eigenvalue weighted by atomic mass is 10.1. The predicted octanol–water partition coefficient (Wildman–Crippen LogP) is 1.82. The molecule has 0 radical (unpaired) electrons. The van der Waals surface area contributed by atoms with Crippen LogP contribution in [0.1, 0.15) is 5.56 Å². The number of benzene rings is 1. The second-order valence-electron chi connectivity index (χ2n) is 3.76. The monoisotopic (exact) mass is 262 g/mol. The molecule has 0 spiro atoms. The summed E-state index contributed by atoms with van der Waals surface area (Å²) < 4.78 is 4.55. The maximum atomic E-state index is 11.4. The molecule has 94 valence electrons. The van der Waals surface area contributed by atoms with Crippen LogP contribution in [0.25, 0.3) is 0 Å². The number of nitrogens with zero attached hydrogens (tertiary/aromatic N) is 1. The summed E-state index contributed by atoms with van der Waals surface area (Å²) in [6, 6.07) is 7.39. The molecule has 1 aromatic rings. The van der Waals surface area contributed by atoms with Gasteiger partial charge in [-0.3, -0.25) is 5.41 Å². The van der Waals surface area contributed by atoms with Gasteiger partial charge in [0.15, 0.2) is 0 Å². The van der Waals surface area contributed by atoms with E-state index in [4.69, 9.17) is 17.6 Å². The first kappa shape index (κ1) is 14.1. The van der Waals surface area contributed by atoms with E-state index < -0.39 is 5.97 Å². The van der Waals surface area contributed by atoms with Crippen LogP contribution in [0.5, 0.6) is 0 Å². The molecule has 0 aliphatic carbocycles. The van der Waals surface area contributed by atoms with E-state index in [1.807, 2.05) is 37.0 Å². The summed E-state index contributed by atoms with van der Waals surface area (Å²) in [5.74, 6) is 1.38. The first-order chi connectivity index (χ1) is 8.51. The number of carbonyl (C=O) groups is 1. The molecular formula is C13H14N2O2S. The number of hydrogen-bond donors (Lipinski definition) is 1. The van der Waals surface area contributed by atoms with E-state index in [-0.39, 0.29) is 10.4 Å². The van der Waals surface area contributed by atoms with Gasteiger partial charge < -0.3 is 9.64 Å². The number of thiocarbonyl (C=S) groups is 1. The molecule has 1 aromatic carbocycles. The van der Waals surface area contributed by atoms with Crippen molar-refractivity contribution < 1.29 is 9.53 Å². The molecule has 0 fully saturated rings. The summed E-state index contributed by atoms with van der Waals surface area (Å²) in [6.45, 7) is 0. The number of carbonyl (C=O) groups excluding carboxylic acids is 1. The van der Waals surface area contributed by atoms with Crippen LogP contribution in [0.4, 0.5) is 5.69 Å². The molecule has 1 N–H and O–H groups in total. The van der Waals surface area contributed by atoms with Crippen molar-refractivity contribution in [2.75, 3.05) is 26.1 Å². The molecule has 0 aromatic heterocycles. The number of methoxy groups -OCH3 is 1. The number of esters is 1. The zero-order valence-corrected chi connectivity index (χ0v) is 11.3. The summed E-state index contributed by atoms with van der Waals surface area (Å²) in [6.07, 6.45) is 0. The molecule has 0 saturated carbocycles. The van der Waals surface area contributed by atoms with E-state index in [1.165, 1.54) is 7.11 Å². The quantitative estimate of drug-likeness (QED) is 0.296. The fraction of sp³-hybridized carbons (Fsp3) is 0.231. The van der Waals surface area contributed by atoms with E-state index >= 15 is 0 Å². The lowest BCUT2D eigenvalue weighted by molar-refractivity contribution is -0.135. The highest BCUT2D eigenvalue weighted by Gasteiger charge is 2.16. The molecule has 0 atom stereocenters. The highest BCUT2D eigenvalue weighted by Crippen LogP contribution is 2.15. The van der Waals surface area contributed by atoms with E-state index in [2.05, 4.69) is 4.74 Å². The zero-order valence-electron chi connectivity index (χ0n) is 10.5. The molecule has 4 nitrogen and oxygen atoms in total. The van der Waals surface area contributed by atoms with E-state index in [9.17, 15) is 4.79 Å². The Morgan fingerprint density at radius 3 is 2.28 bits per heavy atom. The average molecular weight is 262 g/mol. The van der Waals surface area contributed by atoms with Crippen molar-refractivity contribution in [3.8, 4) is 0 Å². The highest BCUT2D eigenvalue weighted by molar-refractivity contribution is 7.81. The fourth-order valence-corrected chi connectivity index (χ4v) is 1.63. The van der Waals surface area contributed by atoms with Gasteiger partial charge in [0.2, 0.25) is 0 Å². The lowest BCUT2D eigenvalue weighted by Gasteiger charge is -2.13. The van der Waals surface area contributed by atoms with Crippen molar-refractivity contribution >= 4 is 34.6 Å². The number of anilines is 1. The van der Waals surface area contributed by atoms with Crippen molar-refractivity contribution in [1.82, 2.24) is 0 Å². The van der Waals surface area contributed by atoms with Crippen molar-refractivity contribution in [2.24, 2.45) is 0 Å². The molecule has 0 aliphatic rings. The maximum absolute atomic E-state index is 11.4. The molecule has 0 aliphatic heterocycles. The second-order valence-corrected chi connectivity index (χ2v) is 4.17. The van der Waals surface area contributed by atoms with Crippen LogP contribution in [0.3, 0.4) is 0 Å².